The standard InChI is InChI=1S/C32H66NO7P/c1-6-8-10-11-12-13-14-15-16-17-18-19-20-21-22-24-27-37-29-31(40-32(34)25-23-9-7-2)30-39-41(35,36)38-28-26-33(3,4)5/h31H,6-30H2,1-5H3/p+1. The number of hydrogen-bond acceptors (Lipinski definition) is 6. The summed E-state index contributed by atoms with van der Waals surface area (Å²) in [5.41, 5.74) is 0. The summed E-state index contributed by atoms with van der Waals surface area (Å²) < 4.78 is 34.4. The lowest BCUT2D eigenvalue weighted by molar-refractivity contribution is -0.870. The summed E-state index contributed by atoms with van der Waals surface area (Å²) in [5.74, 6) is -0.336. The van der Waals surface area contributed by atoms with Crippen molar-refractivity contribution in [3.05, 3.63) is 0 Å². The molecule has 0 rings (SSSR count). The fourth-order valence-electron chi connectivity index (χ4n) is 4.49. The average molecular weight is 609 g/mol. The number of unbranched alkanes of at least 4 members (excludes halogenated alkanes) is 17. The van der Waals surface area contributed by atoms with Crippen molar-refractivity contribution in [1.29, 1.82) is 0 Å². The van der Waals surface area contributed by atoms with Gasteiger partial charge in [0.05, 0.1) is 34.4 Å². The van der Waals surface area contributed by atoms with E-state index in [4.69, 9.17) is 18.5 Å². The van der Waals surface area contributed by atoms with Crippen molar-refractivity contribution in [2.45, 2.75) is 148 Å². The Hall–Kier alpha value is -0.500. The van der Waals surface area contributed by atoms with E-state index in [1.165, 1.54) is 89.9 Å². The molecule has 9 heteroatoms. The highest BCUT2D eigenvalue weighted by Gasteiger charge is 2.26. The highest BCUT2D eigenvalue weighted by Crippen LogP contribution is 2.43. The fourth-order valence-corrected chi connectivity index (χ4v) is 5.23. The van der Waals surface area contributed by atoms with Gasteiger partial charge in [-0.25, -0.2) is 4.57 Å². The molecule has 0 spiro atoms. The third-order valence-corrected chi connectivity index (χ3v) is 8.15. The lowest BCUT2D eigenvalue weighted by atomic mass is 10.0. The molecule has 1 N–H and O–H groups in total. The van der Waals surface area contributed by atoms with Crippen LogP contribution >= 0.6 is 7.82 Å². The van der Waals surface area contributed by atoms with Crippen molar-refractivity contribution in [2.24, 2.45) is 0 Å². The van der Waals surface area contributed by atoms with Crippen LogP contribution in [0.2, 0.25) is 0 Å². The lowest BCUT2D eigenvalue weighted by Gasteiger charge is -2.24. The van der Waals surface area contributed by atoms with Gasteiger partial charge in [-0.3, -0.25) is 13.8 Å². The number of phosphoric acid groups is 1. The molecule has 0 radical (unpaired) electrons. The number of esters is 1. The molecule has 41 heavy (non-hydrogen) atoms. The first-order chi connectivity index (χ1) is 19.6. The van der Waals surface area contributed by atoms with Crippen molar-refractivity contribution in [3.63, 3.8) is 0 Å². The zero-order valence-corrected chi connectivity index (χ0v) is 28.4. The maximum absolute atomic E-state index is 12.3. The van der Waals surface area contributed by atoms with Crippen LogP contribution < -0.4 is 0 Å². The van der Waals surface area contributed by atoms with Crippen molar-refractivity contribution in [2.75, 3.05) is 54.1 Å². The number of quaternary nitrogens is 1. The Bertz CT molecular complexity index is 642. The topological polar surface area (TPSA) is 91.3 Å². The van der Waals surface area contributed by atoms with Gasteiger partial charge in [0.1, 0.15) is 19.3 Å². The van der Waals surface area contributed by atoms with Crippen LogP contribution in [0.3, 0.4) is 0 Å². The summed E-state index contributed by atoms with van der Waals surface area (Å²) in [6.45, 7) is 5.47. The van der Waals surface area contributed by atoms with Gasteiger partial charge in [-0.1, -0.05) is 123 Å². The smallest absolute Gasteiger partial charge is 0.457 e. The third-order valence-electron chi connectivity index (χ3n) is 7.17. The van der Waals surface area contributed by atoms with Gasteiger partial charge in [-0.2, -0.15) is 0 Å². The molecular formula is C32H67NO7P+. The Morgan fingerprint density at radius 3 is 1.61 bits per heavy atom. The molecule has 246 valence electrons. The molecular weight excluding hydrogens is 541 g/mol. The van der Waals surface area contributed by atoms with Gasteiger partial charge in [0.2, 0.25) is 0 Å². The highest BCUT2D eigenvalue weighted by atomic mass is 31.2. The molecule has 0 aromatic carbocycles. The second kappa shape index (κ2) is 27.1. The molecule has 0 fully saturated rings. The number of nitrogens with zero attached hydrogens (tertiary/aromatic N) is 1. The van der Waals surface area contributed by atoms with Crippen LogP contribution in [0, 0.1) is 0 Å². The second-order valence-corrected chi connectivity index (χ2v) is 14.0. The number of ether oxygens (including phenoxy) is 2. The molecule has 2 unspecified atom stereocenters. The molecule has 0 aromatic rings. The van der Waals surface area contributed by atoms with Crippen LogP contribution in [0.4, 0.5) is 0 Å². The van der Waals surface area contributed by atoms with E-state index < -0.39 is 13.9 Å². The number of carbonyl (C=O) groups excluding carboxylic acids is 1. The van der Waals surface area contributed by atoms with Gasteiger partial charge in [0.15, 0.2) is 0 Å². The average Bonchev–Trinajstić information content (AvgIpc) is 2.90. The third kappa shape index (κ3) is 30.8. The Morgan fingerprint density at radius 1 is 0.659 bits per heavy atom. The molecule has 2 atom stereocenters. The summed E-state index contributed by atoms with van der Waals surface area (Å²) in [7, 11) is 1.67. The number of phosphoric ester groups is 1. The first-order valence-corrected chi connectivity index (χ1v) is 18.3. The molecule has 0 heterocycles. The summed E-state index contributed by atoms with van der Waals surface area (Å²) in [6.07, 6.45) is 23.4. The molecule has 0 aliphatic carbocycles. The quantitative estimate of drug-likeness (QED) is 0.0365. The Morgan fingerprint density at radius 2 is 1.12 bits per heavy atom. The van der Waals surface area contributed by atoms with Crippen molar-refractivity contribution in [3.8, 4) is 0 Å². The summed E-state index contributed by atoms with van der Waals surface area (Å²) in [4.78, 5) is 22.2. The van der Waals surface area contributed by atoms with E-state index in [-0.39, 0.29) is 25.8 Å². The lowest BCUT2D eigenvalue weighted by Crippen LogP contribution is -2.37. The van der Waals surface area contributed by atoms with Crippen LogP contribution in [0.1, 0.15) is 142 Å². The SMILES string of the molecule is CCCCCCCCCCCCCCCCCCOCC(COP(=O)(O)OCC[N+](C)(C)C)OC(=O)CCCCC. The number of hydrogen-bond donors (Lipinski definition) is 1. The van der Waals surface area contributed by atoms with Gasteiger partial charge in [-0.15, -0.1) is 0 Å². The first-order valence-electron chi connectivity index (χ1n) is 16.8. The Labute approximate surface area is 253 Å². The minimum Gasteiger partial charge on any atom is -0.457 e. The predicted molar refractivity (Wildman–Crippen MR) is 169 cm³/mol. The van der Waals surface area contributed by atoms with E-state index in [1.54, 1.807) is 0 Å². The van der Waals surface area contributed by atoms with Crippen molar-refractivity contribution >= 4 is 13.8 Å². The zero-order valence-electron chi connectivity index (χ0n) is 27.5. The van der Waals surface area contributed by atoms with Crippen LogP contribution in [0.25, 0.3) is 0 Å². The summed E-state index contributed by atoms with van der Waals surface area (Å²) in [6, 6.07) is 0. The van der Waals surface area contributed by atoms with Crippen molar-refractivity contribution < 1.29 is 37.3 Å². The van der Waals surface area contributed by atoms with E-state index in [0.717, 1.165) is 32.1 Å². The maximum atomic E-state index is 12.3. The van der Waals surface area contributed by atoms with E-state index in [0.29, 0.717) is 24.1 Å². The molecule has 8 nitrogen and oxygen atoms in total. The van der Waals surface area contributed by atoms with Gasteiger partial charge in [0, 0.05) is 13.0 Å². The number of rotatable bonds is 31. The highest BCUT2D eigenvalue weighted by molar-refractivity contribution is 7.47. The monoisotopic (exact) mass is 608 g/mol. The van der Waals surface area contributed by atoms with E-state index in [9.17, 15) is 14.3 Å². The molecule has 0 aromatic heterocycles. The predicted octanol–water partition coefficient (Wildman–Crippen LogP) is 8.60. The molecule has 0 aliphatic heterocycles. The molecule has 0 amide bonds. The van der Waals surface area contributed by atoms with E-state index in [1.807, 2.05) is 21.1 Å². The van der Waals surface area contributed by atoms with Crippen LogP contribution in [0.15, 0.2) is 0 Å². The first kappa shape index (κ1) is 40.5. The minimum atomic E-state index is -4.24. The number of carbonyl (C=O) groups is 1. The van der Waals surface area contributed by atoms with Crippen LogP contribution in [0.5, 0.6) is 0 Å². The normalized spacial score (nSPS) is 14.2. The largest absolute Gasteiger partial charge is 0.472 e. The summed E-state index contributed by atoms with van der Waals surface area (Å²) in [5, 5.41) is 0. The minimum absolute atomic E-state index is 0.0918. The summed E-state index contributed by atoms with van der Waals surface area (Å²) >= 11 is 0. The van der Waals surface area contributed by atoms with E-state index >= 15 is 0 Å². The van der Waals surface area contributed by atoms with Crippen molar-refractivity contribution in [1.82, 2.24) is 0 Å². The van der Waals surface area contributed by atoms with Crippen LogP contribution in [-0.4, -0.2) is 75.6 Å². The van der Waals surface area contributed by atoms with Gasteiger partial charge < -0.3 is 18.9 Å². The number of likely N-dealkylation sites (N-methyl/N-ethyl adjacent to an activating group) is 1. The van der Waals surface area contributed by atoms with Crippen LogP contribution in [-0.2, 0) is 27.9 Å². The molecule has 0 saturated heterocycles. The molecule has 0 aliphatic rings. The van der Waals surface area contributed by atoms with Gasteiger partial charge in [0.25, 0.3) is 0 Å². The Kier molecular flexibility index (Phi) is 26.7. The molecule has 0 saturated carbocycles. The second-order valence-electron chi connectivity index (χ2n) is 12.6. The van der Waals surface area contributed by atoms with Gasteiger partial charge in [-0.05, 0) is 12.8 Å². The molecule has 0 bridgehead atoms. The zero-order chi connectivity index (χ0) is 30.7. The van der Waals surface area contributed by atoms with Gasteiger partial charge >= 0.3 is 13.8 Å². The Balaban J connectivity index is 4.02. The maximum Gasteiger partial charge on any atom is 0.472 e. The van der Waals surface area contributed by atoms with E-state index in [2.05, 4.69) is 13.8 Å². The fraction of sp³-hybridized carbons (Fsp3) is 0.969.